The summed E-state index contributed by atoms with van der Waals surface area (Å²) in [5.74, 6) is 1.67. The van der Waals surface area contributed by atoms with Gasteiger partial charge >= 0.3 is 0 Å². The highest BCUT2D eigenvalue weighted by molar-refractivity contribution is 6.07. The number of allylic oxidation sites excluding steroid dienone is 2. The van der Waals surface area contributed by atoms with Gasteiger partial charge in [-0.05, 0) is 75.4 Å². The molecule has 2 heterocycles. The van der Waals surface area contributed by atoms with Crippen LogP contribution in [-0.4, -0.2) is 11.7 Å². The van der Waals surface area contributed by atoms with Crippen LogP contribution in [0.4, 0.5) is 11.4 Å². The number of hydrogen-bond acceptors (Lipinski definition) is 3. The third-order valence-corrected chi connectivity index (χ3v) is 10.2. The lowest BCUT2D eigenvalue weighted by Gasteiger charge is -2.35. The van der Waals surface area contributed by atoms with Gasteiger partial charge in [-0.3, -0.25) is 0 Å². The Morgan fingerprint density at radius 2 is 0.922 bits per heavy atom. The van der Waals surface area contributed by atoms with Crippen LogP contribution in [0.5, 0.6) is 11.5 Å². The number of aromatic amines is 1. The lowest BCUT2D eigenvalue weighted by Crippen LogP contribution is -2.32. The molecule has 270 valence electrons. The second-order valence-electron chi connectivity index (χ2n) is 19.9. The number of fused-ring (bicyclic) bond motifs is 3. The van der Waals surface area contributed by atoms with E-state index in [9.17, 15) is 0 Å². The van der Waals surface area contributed by atoms with Gasteiger partial charge < -0.3 is 19.5 Å². The Kier molecular flexibility index (Phi) is 8.76. The molecule has 0 saturated carbocycles. The highest BCUT2D eigenvalue weighted by atomic mass is 16.5. The Labute approximate surface area is 307 Å². The standard InChI is InChI=1S/C47H61N3O/c1-43(2,3)30-22-31(44(4,5)6)24-33(23-30)49-29-50(42(47(13,14)15)41(49)46(10,11)12)34-25-32(45(7,8)9)26-36(27-34)51-35-20-21-38-37-18-16-17-19-39(37)48-40(38)28-35/h16-28,48H,29H2,1-15H3. The fraction of sp³-hybridized carbons (Fsp3) is 0.447. The van der Waals surface area contributed by atoms with Crippen LogP contribution in [0.15, 0.2) is 90.3 Å². The Balaban J connectivity index is 1.51. The van der Waals surface area contributed by atoms with Gasteiger partial charge in [-0.15, -0.1) is 0 Å². The maximum atomic E-state index is 6.78. The number of ether oxygens (including phenoxy) is 1. The molecule has 1 aromatic heterocycles. The smallest absolute Gasteiger partial charge is 0.129 e. The van der Waals surface area contributed by atoms with Crippen molar-refractivity contribution < 1.29 is 4.74 Å². The number of hydrogen-bond donors (Lipinski definition) is 1. The van der Waals surface area contributed by atoms with Gasteiger partial charge in [-0.25, -0.2) is 0 Å². The molecule has 4 nitrogen and oxygen atoms in total. The number of nitrogens with zero attached hydrogens (tertiary/aromatic N) is 2. The summed E-state index contributed by atoms with van der Waals surface area (Å²) in [5, 5.41) is 2.44. The first-order valence-electron chi connectivity index (χ1n) is 18.7. The van der Waals surface area contributed by atoms with Crippen molar-refractivity contribution >= 4 is 33.2 Å². The molecule has 1 aliphatic heterocycles. The molecule has 0 bridgehead atoms. The molecule has 51 heavy (non-hydrogen) atoms. The first-order chi connectivity index (χ1) is 23.4. The molecule has 4 aromatic carbocycles. The van der Waals surface area contributed by atoms with Crippen LogP contribution in [0.1, 0.15) is 121 Å². The van der Waals surface area contributed by atoms with Crippen molar-refractivity contribution in [3.63, 3.8) is 0 Å². The van der Waals surface area contributed by atoms with E-state index in [4.69, 9.17) is 4.74 Å². The van der Waals surface area contributed by atoms with Gasteiger partial charge in [0.2, 0.25) is 0 Å². The summed E-state index contributed by atoms with van der Waals surface area (Å²) < 4.78 is 6.78. The lowest BCUT2D eigenvalue weighted by molar-refractivity contribution is 0.444. The summed E-state index contributed by atoms with van der Waals surface area (Å²) in [5.41, 5.74) is 11.1. The van der Waals surface area contributed by atoms with Crippen molar-refractivity contribution in [3.8, 4) is 11.5 Å². The molecule has 0 unspecified atom stereocenters. The van der Waals surface area contributed by atoms with E-state index in [1.165, 1.54) is 44.5 Å². The van der Waals surface area contributed by atoms with Crippen molar-refractivity contribution in [2.75, 3.05) is 16.5 Å². The first-order valence-corrected chi connectivity index (χ1v) is 18.7. The molecule has 4 heteroatoms. The molecule has 0 aliphatic carbocycles. The average molecular weight is 684 g/mol. The van der Waals surface area contributed by atoms with Gasteiger partial charge in [0.25, 0.3) is 0 Å². The number of H-pyrrole nitrogens is 1. The summed E-state index contributed by atoms with van der Waals surface area (Å²) >= 11 is 0. The summed E-state index contributed by atoms with van der Waals surface area (Å²) in [6.45, 7) is 35.7. The quantitative estimate of drug-likeness (QED) is 0.205. The minimum absolute atomic E-state index is 0.0248. The number of rotatable bonds is 4. The second kappa shape index (κ2) is 12.2. The minimum Gasteiger partial charge on any atom is -0.457 e. The van der Waals surface area contributed by atoms with Crippen molar-refractivity contribution in [2.45, 2.75) is 120 Å². The van der Waals surface area contributed by atoms with Gasteiger partial charge in [-0.2, -0.15) is 0 Å². The number of anilines is 2. The second-order valence-corrected chi connectivity index (χ2v) is 19.9. The predicted molar refractivity (Wildman–Crippen MR) is 221 cm³/mol. The van der Waals surface area contributed by atoms with Gasteiger partial charge in [0, 0.05) is 62.0 Å². The highest BCUT2D eigenvalue weighted by Crippen LogP contribution is 2.49. The van der Waals surface area contributed by atoms with Gasteiger partial charge in [-0.1, -0.05) is 128 Å². The van der Waals surface area contributed by atoms with Crippen molar-refractivity contribution in [1.82, 2.24) is 4.98 Å². The van der Waals surface area contributed by atoms with Gasteiger partial charge in [0.15, 0.2) is 0 Å². The fourth-order valence-electron chi connectivity index (χ4n) is 7.38. The maximum absolute atomic E-state index is 6.78. The molecule has 1 N–H and O–H groups in total. The van der Waals surface area contributed by atoms with E-state index in [1.54, 1.807) is 0 Å². The van der Waals surface area contributed by atoms with E-state index in [0.29, 0.717) is 0 Å². The van der Waals surface area contributed by atoms with Crippen LogP contribution in [0.25, 0.3) is 21.8 Å². The number of nitrogens with one attached hydrogen (secondary N) is 1. The Bertz CT molecular complexity index is 2100. The number of aromatic nitrogens is 1. The largest absolute Gasteiger partial charge is 0.457 e. The fourth-order valence-corrected chi connectivity index (χ4v) is 7.38. The van der Waals surface area contributed by atoms with Gasteiger partial charge in [0.05, 0.1) is 12.2 Å². The molecule has 0 radical (unpaired) electrons. The van der Waals surface area contributed by atoms with Crippen LogP contribution in [0.2, 0.25) is 0 Å². The molecule has 0 atom stereocenters. The molecular weight excluding hydrogens is 623 g/mol. The Morgan fingerprint density at radius 1 is 0.451 bits per heavy atom. The van der Waals surface area contributed by atoms with E-state index in [-0.39, 0.29) is 27.1 Å². The van der Waals surface area contributed by atoms with Gasteiger partial charge in [0.1, 0.15) is 11.5 Å². The molecular formula is C47H61N3O. The minimum atomic E-state index is -0.120. The molecule has 0 fully saturated rings. The predicted octanol–water partition coefficient (Wildman–Crippen LogP) is 13.6. The third kappa shape index (κ3) is 7.30. The van der Waals surface area contributed by atoms with Crippen LogP contribution >= 0.6 is 0 Å². The third-order valence-electron chi connectivity index (χ3n) is 10.2. The molecule has 5 aromatic rings. The SMILES string of the molecule is CC(C)(C)C1=C(C(C)(C)C)N(c2cc(C(C)(C)C)cc(C(C)(C)C)c2)CN1c1cc(Oc2ccc3c(c2)[nH]c2ccccc23)cc(C(C)(C)C)c1. The van der Waals surface area contributed by atoms with Crippen molar-refractivity contribution in [1.29, 1.82) is 0 Å². The maximum Gasteiger partial charge on any atom is 0.129 e. The summed E-state index contributed by atoms with van der Waals surface area (Å²) in [4.78, 5) is 8.74. The summed E-state index contributed by atoms with van der Waals surface area (Å²) in [6.07, 6.45) is 0. The lowest BCUT2D eigenvalue weighted by atomic mass is 9.79. The van der Waals surface area contributed by atoms with E-state index in [1.807, 2.05) is 0 Å². The molecule has 1 aliphatic rings. The average Bonchev–Trinajstić information content (AvgIpc) is 3.59. The molecule has 0 amide bonds. The zero-order valence-corrected chi connectivity index (χ0v) is 34.0. The van der Waals surface area contributed by atoms with Crippen molar-refractivity contribution in [3.05, 3.63) is 107 Å². The van der Waals surface area contributed by atoms with Crippen LogP contribution in [-0.2, 0) is 16.2 Å². The molecule has 6 rings (SSSR count). The normalized spacial score (nSPS) is 15.1. The Morgan fingerprint density at radius 3 is 1.43 bits per heavy atom. The van der Waals surface area contributed by atoms with E-state index < -0.39 is 0 Å². The number of para-hydroxylation sites is 1. The summed E-state index contributed by atoms with van der Waals surface area (Å²) in [6, 6.07) is 29.0. The Hall–Kier alpha value is -4.18. The first kappa shape index (κ1) is 36.6. The van der Waals surface area contributed by atoms with E-state index in [2.05, 4.69) is 198 Å². The zero-order valence-electron chi connectivity index (χ0n) is 34.0. The van der Waals surface area contributed by atoms with Crippen LogP contribution in [0, 0.1) is 10.8 Å². The summed E-state index contributed by atoms with van der Waals surface area (Å²) in [7, 11) is 0. The zero-order chi connectivity index (χ0) is 37.5. The van der Waals surface area contributed by atoms with Crippen molar-refractivity contribution in [2.24, 2.45) is 10.8 Å². The highest BCUT2D eigenvalue weighted by Gasteiger charge is 2.42. The monoisotopic (exact) mass is 683 g/mol. The molecule has 0 spiro atoms. The topological polar surface area (TPSA) is 31.5 Å². The van der Waals surface area contributed by atoms with E-state index in [0.717, 1.165) is 34.9 Å². The number of benzene rings is 4. The van der Waals surface area contributed by atoms with Crippen LogP contribution < -0.4 is 14.5 Å². The van der Waals surface area contributed by atoms with E-state index >= 15 is 0 Å². The van der Waals surface area contributed by atoms with Crippen LogP contribution in [0.3, 0.4) is 0 Å². The molecule has 0 saturated heterocycles.